The molecule has 18 heavy (non-hydrogen) atoms. The Hall–Kier alpha value is -2.12. The van der Waals surface area contributed by atoms with E-state index in [1.54, 1.807) is 0 Å². The van der Waals surface area contributed by atoms with Crippen LogP contribution in [-0.4, -0.2) is 44.3 Å². The van der Waals surface area contributed by atoms with Crippen molar-refractivity contribution in [2.45, 2.75) is 12.8 Å². The Bertz CT molecular complexity index is 401. The van der Waals surface area contributed by atoms with Crippen LogP contribution in [0.3, 0.4) is 0 Å². The van der Waals surface area contributed by atoms with Crippen LogP contribution in [0.2, 0.25) is 0 Å². The molecular weight excluding hydrogens is 248 g/mol. The van der Waals surface area contributed by atoms with E-state index in [0.29, 0.717) is 0 Å². The molecule has 8 heteroatoms. The predicted molar refractivity (Wildman–Crippen MR) is 53.7 cm³/mol. The fourth-order valence-electron chi connectivity index (χ4n) is 2.51. The zero-order valence-corrected chi connectivity index (χ0v) is 9.15. The third-order valence-corrected chi connectivity index (χ3v) is 3.25. The molecule has 4 N–H and O–H groups in total. The maximum absolute atomic E-state index is 11.0. The van der Waals surface area contributed by atoms with Crippen LogP contribution >= 0.6 is 0 Å². The van der Waals surface area contributed by atoms with Crippen LogP contribution in [0.1, 0.15) is 12.8 Å². The van der Waals surface area contributed by atoms with Gasteiger partial charge in [-0.05, 0) is 12.3 Å². The van der Waals surface area contributed by atoms with Crippen molar-refractivity contribution in [3.05, 3.63) is 0 Å². The smallest absolute Gasteiger partial charge is 0.307 e. The predicted octanol–water partition coefficient (Wildman–Crippen LogP) is -0.417. The minimum absolute atomic E-state index is 0.362. The summed E-state index contributed by atoms with van der Waals surface area (Å²) in [6.07, 6.45) is -1.03. The lowest BCUT2D eigenvalue weighted by atomic mass is 9.84. The van der Waals surface area contributed by atoms with Crippen LogP contribution in [0.25, 0.3) is 0 Å². The molecule has 0 amide bonds. The van der Waals surface area contributed by atoms with Gasteiger partial charge < -0.3 is 20.4 Å². The van der Waals surface area contributed by atoms with Crippen LogP contribution in [-0.2, 0) is 19.2 Å². The van der Waals surface area contributed by atoms with Gasteiger partial charge in [0.15, 0.2) is 0 Å². The van der Waals surface area contributed by atoms with E-state index in [4.69, 9.17) is 20.4 Å². The van der Waals surface area contributed by atoms with Gasteiger partial charge in [0.2, 0.25) is 0 Å². The van der Waals surface area contributed by atoms with E-state index in [2.05, 4.69) is 0 Å². The first-order valence-electron chi connectivity index (χ1n) is 5.16. The molecule has 0 spiro atoms. The molecule has 8 nitrogen and oxygen atoms in total. The van der Waals surface area contributed by atoms with Crippen LogP contribution in [0.15, 0.2) is 0 Å². The summed E-state index contributed by atoms with van der Waals surface area (Å²) in [4.78, 5) is 43.5. The quantitative estimate of drug-likeness (QED) is 0.520. The molecule has 4 atom stereocenters. The fourth-order valence-corrected chi connectivity index (χ4v) is 2.51. The van der Waals surface area contributed by atoms with Gasteiger partial charge in [-0.3, -0.25) is 19.2 Å². The first-order valence-corrected chi connectivity index (χ1v) is 5.16. The van der Waals surface area contributed by atoms with E-state index < -0.39 is 54.0 Å². The average Bonchev–Trinajstić information content (AvgIpc) is 2.56. The summed E-state index contributed by atoms with van der Waals surface area (Å²) in [6, 6.07) is 0. The number of hydrogen-bond donors (Lipinski definition) is 4. The summed E-state index contributed by atoms with van der Waals surface area (Å²) in [5.41, 5.74) is 0. The molecule has 1 rings (SSSR count). The summed E-state index contributed by atoms with van der Waals surface area (Å²) < 4.78 is 0. The van der Waals surface area contributed by atoms with E-state index in [1.807, 2.05) is 0 Å². The molecule has 0 bridgehead atoms. The number of aliphatic carboxylic acids is 4. The Morgan fingerprint density at radius 1 is 0.833 bits per heavy atom. The van der Waals surface area contributed by atoms with Crippen LogP contribution < -0.4 is 0 Å². The lowest BCUT2D eigenvalue weighted by molar-refractivity contribution is -0.155. The van der Waals surface area contributed by atoms with Crippen molar-refractivity contribution in [3.63, 3.8) is 0 Å². The van der Waals surface area contributed by atoms with E-state index >= 15 is 0 Å². The fraction of sp³-hybridized carbons (Fsp3) is 0.600. The van der Waals surface area contributed by atoms with Crippen molar-refractivity contribution in [1.29, 1.82) is 0 Å². The summed E-state index contributed by atoms with van der Waals surface area (Å²) in [7, 11) is 0. The Morgan fingerprint density at radius 3 is 1.67 bits per heavy atom. The second-order valence-corrected chi connectivity index (χ2v) is 4.25. The molecular formula is C10H12O8. The van der Waals surface area contributed by atoms with Crippen LogP contribution in [0, 0.1) is 23.7 Å². The zero-order valence-electron chi connectivity index (χ0n) is 9.15. The summed E-state index contributed by atoms with van der Waals surface area (Å²) in [5, 5.41) is 35.4. The molecule has 1 saturated carbocycles. The van der Waals surface area contributed by atoms with Gasteiger partial charge in [0.05, 0.1) is 17.8 Å². The third-order valence-electron chi connectivity index (χ3n) is 3.25. The number of carboxylic acid groups (broad SMARTS) is 4. The SMILES string of the molecule is O=C(O)C[C@@H]1[C@H](C(=O)O)[C@H](C(=O)O)C[C@H]1C(=O)O. The van der Waals surface area contributed by atoms with Crippen molar-refractivity contribution >= 4 is 23.9 Å². The first-order chi connectivity index (χ1) is 8.25. The molecule has 0 aromatic rings. The lowest BCUT2D eigenvalue weighted by Crippen LogP contribution is -2.32. The Morgan fingerprint density at radius 2 is 1.33 bits per heavy atom. The molecule has 0 aromatic carbocycles. The maximum Gasteiger partial charge on any atom is 0.307 e. The molecule has 0 aromatic heterocycles. The Balaban J connectivity index is 3.10. The molecule has 1 aliphatic carbocycles. The van der Waals surface area contributed by atoms with Gasteiger partial charge in [0.25, 0.3) is 0 Å². The second-order valence-electron chi connectivity index (χ2n) is 4.25. The molecule has 0 saturated heterocycles. The maximum atomic E-state index is 11.0. The van der Waals surface area contributed by atoms with Gasteiger partial charge in [-0.15, -0.1) is 0 Å². The summed E-state index contributed by atoms with van der Waals surface area (Å²) in [5.74, 6) is -10.9. The minimum Gasteiger partial charge on any atom is -0.481 e. The largest absolute Gasteiger partial charge is 0.481 e. The summed E-state index contributed by atoms with van der Waals surface area (Å²) in [6.45, 7) is 0. The van der Waals surface area contributed by atoms with Gasteiger partial charge in [-0.25, -0.2) is 0 Å². The second kappa shape index (κ2) is 5.03. The number of carbonyl (C=O) groups is 4. The van der Waals surface area contributed by atoms with Crippen molar-refractivity contribution < 1.29 is 39.6 Å². The number of rotatable bonds is 5. The molecule has 1 aliphatic rings. The molecule has 0 heterocycles. The zero-order chi connectivity index (χ0) is 14.0. The topological polar surface area (TPSA) is 149 Å². The van der Waals surface area contributed by atoms with Gasteiger partial charge in [0.1, 0.15) is 0 Å². The molecule has 1 fully saturated rings. The monoisotopic (exact) mass is 260 g/mol. The van der Waals surface area contributed by atoms with Gasteiger partial charge >= 0.3 is 23.9 Å². The molecule has 0 radical (unpaired) electrons. The Kier molecular flexibility index (Phi) is 3.89. The van der Waals surface area contributed by atoms with Gasteiger partial charge in [0, 0.05) is 6.42 Å². The molecule has 100 valence electrons. The van der Waals surface area contributed by atoms with Crippen molar-refractivity contribution in [3.8, 4) is 0 Å². The van der Waals surface area contributed by atoms with Crippen LogP contribution in [0.4, 0.5) is 0 Å². The normalized spacial score (nSPS) is 30.9. The third kappa shape index (κ3) is 2.58. The highest BCUT2D eigenvalue weighted by molar-refractivity contribution is 5.85. The number of carboxylic acids is 4. The van der Waals surface area contributed by atoms with E-state index in [0.717, 1.165) is 0 Å². The lowest BCUT2D eigenvalue weighted by Gasteiger charge is -2.18. The van der Waals surface area contributed by atoms with Crippen molar-refractivity contribution in [1.82, 2.24) is 0 Å². The van der Waals surface area contributed by atoms with Crippen LogP contribution in [0.5, 0.6) is 0 Å². The first kappa shape index (κ1) is 13.9. The standard InChI is InChI=1S/C10H12O8/c11-6(12)2-3-4(8(13)14)1-5(9(15)16)7(3)10(17)18/h3-5,7H,1-2H2,(H,11,12)(H,13,14)(H,15,16)(H,17,18)/t3-,4+,5+,7-/m0/s1. The van der Waals surface area contributed by atoms with Crippen molar-refractivity contribution in [2.24, 2.45) is 23.7 Å². The highest BCUT2D eigenvalue weighted by Gasteiger charge is 2.53. The van der Waals surface area contributed by atoms with Gasteiger partial charge in [-0.1, -0.05) is 0 Å². The van der Waals surface area contributed by atoms with E-state index in [9.17, 15) is 19.2 Å². The van der Waals surface area contributed by atoms with E-state index in [-0.39, 0.29) is 6.42 Å². The highest BCUT2D eigenvalue weighted by Crippen LogP contribution is 2.44. The van der Waals surface area contributed by atoms with E-state index in [1.165, 1.54) is 0 Å². The molecule has 0 unspecified atom stereocenters. The molecule has 0 aliphatic heterocycles. The van der Waals surface area contributed by atoms with Crippen molar-refractivity contribution in [2.75, 3.05) is 0 Å². The minimum atomic E-state index is -1.49. The Labute approximate surface area is 101 Å². The summed E-state index contributed by atoms with van der Waals surface area (Å²) >= 11 is 0. The highest BCUT2D eigenvalue weighted by atomic mass is 16.4. The average molecular weight is 260 g/mol. The van der Waals surface area contributed by atoms with Gasteiger partial charge in [-0.2, -0.15) is 0 Å². The number of hydrogen-bond acceptors (Lipinski definition) is 4.